The highest BCUT2D eigenvalue weighted by Gasteiger charge is 2.29. The van der Waals surface area contributed by atoms with Crippen LogP contribution in [0.3, 0.4) is 0 Å². The van der Waals surface area contributed by atoms with Gasteiger partial charge in [0.15, 0.2) is 10.8 Å². The molecule has 0 aliphatic carbocycles. The Balaban J connectivity index is 1.44. The molecule has 0 radical (unpaired) electrons. The molecule has 0 saturated heterocycles. The van der Waals surface area contributed by atoms with E-state index in [9.17, 15) is 14.0 Å². The third kappa shape index (κ3) is 3.58. The number of rotatable bonds is 4. The van der Waals surface area contributed by atoms with Gasteiger partial charge in [0.25, 0.3) is 5.56 Å². The number of aromatic nitrogens is 4. The lowest BCUT2D eigenvalue weighted by Gasteiger charge is -2.14. The second-order valence-corrected chi connectivity index (χ2v) is 8.86. The molecule has 4 aromatic rings. The van der Waals surface area contributed by atoms with Crippen LogP contribution in [0.5, 0.6) is 0 Å². The van der Waals surface area contributed by atoms with Crippen LogP contribution in [0.4, 0.5) is 10.1 Å². The molecule has 32 heavy (non-hydrogen) atoms. The molecule has 0 bridgehead atoms. The van der Waals surface area contributed by atoms with Crippen molar-refractivity contribution in [2.24, 2.45) is 0 Å². The Bertz CT molecular complexity index is 1410. The smallest absolute Gasteiger partial charge is 0.265 e. The largest absolute Gasteiger partial charge is 0.326 e. The van der Waals surface area contributed by atoms with E-state index >= 15 is 0 Å². The Morgan fingerprint density at radius 1 is 1.22 bits per heavy atom. The Morgan fingerprint density at radius 3 is 2.75 bits per heavy atom. The second-order valence-electron chi connectivity index (χ2n) is 7.88. The molecule has 1 atom stereocenters. The number of nitrogens with zero attached hydrogens (tertiary/aromatic N) is 4. The van der Waals surface area contributed by atoms with Crippen molar-refractivity contribution in [2.75, 3.05) is 11.1 Å². The number of benzene rings is 2. The zero-order chi connectivity index (χ0) is 22.4. The van der Waals surface area contributed by atoms with Crippen molar-refractivity contribution in [1.29, 1.82) is 0 Å². The number of hydrogen-bond acceptors (Lipinski definition) is 5. The van der Waals surface area contributed by atoms with Crippen LogP contribution in [0.15, 0.2) is 58.6 Å². The van der Waals surface area contributed by atoms with E-state index in [0.29, 0.717) is 27.6 Å². The van der Waals surface area contributed by atoms with E-state index in [0.717, 1.165) is 16.8 Å². The third-order valence-corrected chi connectivity index (χ3v) is 6.62. The Kier molecular flexibility index (Phi) is 5.05. The molecule has 5 rings (SSSR count). The van der Waals surface area contributed by atoms with Gasteiger partial charge in [0.05, 0.1) is 17.9 Å². The molecule has 1 amide bonds. The summed E-state index contributed by atoms with van der Waals surface area (Å²) in [5.74, 6) is 0.0834. The van der Waals surface area contributed by atoms with Crippen LogP contribution < -0.4 is 10.9 Å². The molecular formula is C23H20FN5O2S. The summed E-state index contributed by atoms with van der Waals surface area (Å²) in [4.78, 5) is 30.6. The highest BCUT2D eigenvalue weighted by atomic mass is 32.2. The van der Waals surface area contributed by atoms with Gasteiger partial charge in [-0.05, 0) is 49.7 Å². The third-order valence-electron chi connectivity index (χ3n) is 5.52. The molecule has 0 spiro atoms. The summed E-state index contributed by atoms with van der Waals surface area (Å²) in [6, 6.07) is 11.4. The molecule has 0 saturated carbocycles. The van der Waals surface area contributed by atoms with Gasteiger partial charge < -0.3 is 5.32 Å². The fraction of sp³-hybridized carbons (Fsp3) is 0.217. The van der Waals surface area contributed by atoms with E-state index in [1.165, 1.54) is 34.8 Å². The minimum atomic E-state index is -0.350. The van der Waals surface area contributed by atoms with E-state index in [1.807, 2.05) is 32.0 Å². The summed E-state index contributed by atoms with van der Waals surface area (Å²) in [5, 5.41) is 8.15. The van der Waals surface area contributed by atoms with Crippen LogP contribution in [0.25, 0.3) is 16.7 Å². The molecule has 0 fully saturated rings. The molecule has 3 heterocycles. The molecule has 7 nitrogen and oxygen atoms in total. The molecule has 9 heteroatoms. The SMILES string of the molecule is Cc1ccc(NC(=O)CC2CSc3nc4c(cnn4-c4ccc(F)cc4)c(=O)n32)c(C)c1. The molecular weight excluding hydrogens is 429 g/mol. The van der Waals surface area contributed by atoms with Crippen molar-refractivity contribution in [3.8, 4) is 5.69 Å². The molecule has 162 valence electrons. The number of aryl methyl sites for hydroxylation is 2. The van der Waals surface area contributed by atoms with E-state index in [4.69, 9.17) is 0 Å². The zero-order valence-corrected chi connectivity index (χ0v) is 18.3. The van der Waals surface area contributed by atoms with Crippen molar-refractivity contribution < 1.29 is 9.18 Å². The minimum Gasteiger partial charge on any atom is -0.326 e. The first-order chi connectivity index (χ1) is 15.4. The predicted octanol–water partition coefficient (Wildman–Crippen LogP) is 4.01. The van der Waals surface area contributed by atoms with Gasteiger partial charge in [-0.1, -0.05) is 29.5 Å². The van der Waals surface area contributed by atoms with E-state index in [2.05, 4.69) is 15.4 Å². The number of amides is 1. The highest BCUT2D eigenvalue weighted by Crippen LogP contribution is 2.33. The van der Waals surface area contributed by atoms with Crippen LogP contribution in [-0.2, 0) is 4.79 Å². The number of thioether (sulfide) groups is 1. The maximum Gasteiger partial charge on any atom is 0.265 e. The first kappa shape index (κ1) is 20.4. The maximum atomic E-state index is 13.3. The van der Waals surface area contributed by atoms with E-state index in [1.54, 1.807) is 16.7 Å². The number of nitrogens with one attached hydrogen (secondary N) is 1. The summed E-state index contributed by atoms with van der Waals surface area (Å²) in [6.07, 6.45) is 1.64. The highest BCUT2D eigenvalue weighted by molar-refractivity contribution is 7.99. The molecule has 1 aliphatic rings. The van der Waals surface area contributed by atoms with Crippen LogP contribution >= 0.6 is 11.8 Å². The lowest BCUT2D eigenvalue weighted by molar-refractivity contribution is -0.116. The topological polar surface area (TPSA) is 81.8 Å². The number of carbonyl (C=O) groups is 1. The number of halogens is 1. The van der Waals surface area contributed by atoms with Gasteiger partial charge in [-0.25, -0.2) is 14.1 Å². The van der Waals surface area contributed by atoms with Crippen LogP contribution in [0.2, 0.25) is 0 Å². The average molecular weight is 450 g/mol. The molecule has 1 N–H and O–H groups in total. The average Bonchev–Trinajstić information content (AvgIpc) is 3.36. The fourth-order valence-corrected chi connectivity index (χ4v) is 5.05. The summed E-state index contributed by atoms with van der Waals surface area (Å²) in [7, 11) is 0. The Morgan fingerprint density at radius 2 is 2.00 bits per heavy atom. The van der Waals surface area contributed by atoms with Gasteiger partial charge in [0.2, 0.25) is 5.91 Å². The molecule has 1 unspecified atom stereocenters. The summed E-state index contributed by atoms with van der Waals surface area (Å²) < 4.78 is 16.4. The molecule has 1 aliphatic heterocycles. The number of carbonyl (C=O) groups excluding carboxylic acids is 1. The van der Waals surface area contributed by atoms with Gasteiger partial charge in [-0.2, -0.15) is 5.10 Å². The normalized spacial score (nSPS) is 15.2. The zero-order valence-electron chi connectivity index (χ0n) is 17.5. The summed E-state index contributed by atoms with van der Waals surface area (Å²) in [6.45, 7) is 3.96. The van der Waals surface area contributed by atoms with Crippen molar-refractivity contribution in [1.82, 2.24) is 19.3 Å². The Hall–Kier alpha value is -3.46. The summed E-state index contributed by atoms with van der Waals surface area (Å²) in [5.41, 5.74) is 3.70. The number of hydrogen-bond donors (Lipinski definition) is 1. The van der Waals surface area contributed by atoms with Gasteiger partial charge in [0.1, 0.15) is 11.2 Å². The van der Waals surface area contributed by atoms with E-state index in [-0.39, 0.29) is 29.7 Å². The summed E-state index contributed by atoms with van der Waals surface area (Å²) >= 11 is 1.44. The van der Waals surface area contributed by atoms with Gasteiger partial charge in [-0.15, -0.1) is 0 Å². The van der Waals surface area contributed by atoms with Gasteiger partial charge in [0, 0.05) is 17.9 Å². The van der Waals surface area contributed by atoms with E-state index < -0.39 is 0 Å². The quantitative estimate of drug-likeness (QED) is 0.476. The predicted molar refractivity (Wildman–Crippen MR) is 122 cm³/mol. The maximum absolute atomic E-state index is 13.3. The monoisotopic (exact) mass is 449 g/mol. The Labute approximate surface area is 187 Å². The van der Waals surface area contributed by atoms with Crippen molar-refractivity contribution >= 4 is 34.4 Å². The van der Waals surface area contributed by atoms with Crippen LogP contribution in [0, 0.1) is 19.7 Å². The van der Waals surface area contributed by atoms with Crippen molar-refractivity contribution in [3.05, 3.63) is 76.0 Å². The lowest BCUT2D eigenvalue weighted by atomic mass is 10.1. The second kappa shape index (κ2) is 7.90. The van der Waals surface area contributed by atoms with Crippen molar-refractivity contribution in [2.45, 2.75) is 31.5 Å². The van der Waals surface area contributed by atoms with Gasteiger partial charge >= 0.3 is 0 Å². The fourth-order valence-electron chi connectivity index (χ4n) is 3.92. The number of anilines is 1. The van der Waals surface area contributed by atoms with Crippen LogP contribution in [0.1, 0.15) is 23.6 Å². The van der Waals surface area contributed by atoms with Crippen molar-refractivity contribution in [3.63, 3.8) is 0 Å². The molecule has 2 aromatic carbocycles. The van der Waals surface area contributed by atoms with Crippen LogP contribution in [-0.4, -0.2) is 31.0 Å². The minimum absolute atomic E-state index is 0.149. The lowest BCUT2D eigenvalue weighted by Crippen LogP contribution is -2.27. The van der Waals surface area contributed by atoms with Gasteiger partial charge in [-0.3, -0.25) is 14.2 Å². The number of fused-ring (bicyclic) bond motifs is 2. The standard InChI is InChI=1S/C23H20FN5O2S/c1-13-3-8-19(14(2)9-13)26-20(30)10-17-12-32-23-27-21-18(22(31)28(17)23)11-25-29(21)16-6-4-15(24)5-7-16/h3-9,11,17H,10,12H2,1-2H3,(H,26,30). The first-order valence-corrected chi connectivity index (χ1v) is 11.2. The first-order valence-electron chi connectivity index (χ1n) is 10.2. The molecule has 2 aromatic heterocycles.